The Morgan fingerprint density at radius 2 is 2.29 bits per heavy atom. The van der Waals surface area contributed by atoms with Gasteiger partial charge in [0.25, 0.3) is 0 Å². The lowest BCUT2D eigenvalue weighted by Crippen LogP contribution is -2.36. The van der Waals surface area contributed by atoms with Gasteiger partial charge in [-0.1, -0.05) is 12.8 Å². The number of nitrogens with zero attached hydrogens (tertiary/aromatic N) is 2. The van der Waals surface area contributed by atoms with Crippen LogP contribution in [0, 0.1) is 5.92 Å². The number of anilines is 1. The second kappa shape index (κ2) is 5.40. The van der Waals surface area contributed by atoms with Crippen LogP contribution in [0.4, 0.5) is 5.82 Å². The Balaban J connectivity index is 2.03. The summed E-state index contributed by atoms with van der Waals surface area (Å²) in [4.78, 5) is 0. The van der Waals surface area contributed by atoms with E-state index in [0.717, 1.165) is 18.2 Å². The van der Waals surface area contributed by atoms with Gasteiger partial charge in [-0.25, -0.2) is 4.68 Å². The van der Waals surface area contributed by atoms with Crippen molar-refractivity contribution in [2.24, 2.45) is 18.7 Å². The molecule has 1 saturated carbocycles. The smallest absolute Gasteiger partial charge is 0.213 e. The van der Waals surface area contributed by atoms with Gasteiger partial charge in [-0.2, -0.15) is 5.10 Å². The van der Waals surface area contributed by atoms with E-state index >= 15 is 0 Å². The maximum absolute atomic E-state index is 5.82. The predicted octanol–water partition coefficient (Wildman–Crippen LogP) is 1.36. The zero-order valence-corrected chi connectivity index (χ0v) is 10.6. The number of nitrogens with one attached hydrogen (secondary N) is 1. The summed E-state index contributed by atoms with van der Waals surface area (Å²) in [5, 5.41) is 7.87. The van der Waals surface area contributed by atoms with E-state index in [1.807, 2.05) is 13.1 Å². The fourth-order valence-electron chi connectivity index (χ4n) is 2.58. The fourth-order valence-corrected chi connectivity index (χ4v) is 2.58. The number of hydrogen-bond acceptors (Lipinski definition) is 4. The lowest BCUT2D eigenvalue weighted by molar-refractivity contribution is 0.332. The van der Waals surface area contributed by atoms with Crippen LogP contribution in [0.25, 0.3) is 0 Å². The SMILES string of the molecule is COc1cc(NC2CCCCC2CN)nn1C. The summed E-state index contributed by atoms with van der Waals surface area (Å²) in [5.41, 5.74) is 5.82. The lowest BCUT2D eigenvalue weighted by atomic mass is 9.84. The van der Waals surface area contributed by atoms with Gasteiger partial charge in [-0.05, 0) is 25.3 Å². The van der Waals surface area contributed by atoms with Crippen LogP contribution < -0.4 is 15.8 Å². The highest BCUT2D eigenvalue weighted by Gasteiger charge is 2.24. The normalized spacial score (nSPS) is 24.6. The predicted molar refractivity (Wildman–Crippen MR) is 68.2 cm³/mol. The summed E-state index contributed by atoms with van der Waals surface area (Å²) >= 11 is 0. The Morgan fingerprint density at radius 1 is 1.53 bits per heavy atom. The molecule has 1 aromatic heterocycles. The number of aryl methyl sites for hydroxylation is 1. The van der Waals surface area contributed by atoms with Crippen LogP contribution in [0.2, 0.25) is 0 Å². The van der Waals surface area contributed by atoms with Gasteiger partial charge >= 0.3 is 0 Å². The van der Waals surface area contributed by atoms with Crippen molar-refractivity contribution < 1.29 is 4.74 Å². The van der Waals surface area contributed by atoms with Gasteiger partial charge in [-0.3, -0.25) is 0 Å². The van der Waals surface area contributed by atoms with Crippen molar-refractivity contribution in [3.8, 4) is 5.88 Å². The quantitative estimate of drug-likeness (QED) is 0.831. The molecule has 0 aromatic carbocycles. The third kappa shape index (κ3) is 2.72. The van der Waals surface area contributed by atoms with Crippen LogP contribution in [0.1, 0.15) is 25.7 Å². The van der Waals surface area contributed by atoms with Crippen LogP contribution in [-0.4, -0.2) is 29.5 Å². The highest BCUT2D eigenvalue weighted by atomic mass is 16.5. The number of aromatic nitrogens is 2. The molecule has 1 aromatic rings. The molecule has 1 heterocycles. The zero-order chi connectivity index (χ0) is 12.3. The van der Waals surface area contributed by atoms with Crippen LogP contribution in [-0.2, 0) is 7.05 Å². The maximum Gasteiger partial charge on any atom is 0.213 e. The van der Waals surface area contributed by atoms with E-state index in [4.69, 9.17) is 10.5 Å². The summed E-state index contributed by atoms with van der Waals surface area (Å²) < 4.78 is 6.94. The largest absolute Gasteiger partial charge is 0.481 e. The van der Waals surface area contributed by atoms with Crippen LogP contribution in [0.5, 0.6) is 5.88 Å². The molecule has 0 radical (unpaired) electrons. The Hall–Kier alpha value is -1.23. The van der Waals surface area contributed by atoms with Gasteiger partial charge in [0.1, 0.15) is 0 Å². The maximum atomic E-state index is 5.82. The van der Waals surface area contributed by atoms with Crippen molar-refractivity contribution in [2.75, 3.05) is 19.0 Å². The molecule has 0 saturated heterocycles. The van der Waals surface area contributed by atoms with Crippen molar-refractivity contribution in [1.29, 1.82) is 0 Å². The van der Waals surface area contributed by atoms with Gasteiger partial charge in [-0.15, -0.1) is 0 Å². The molecule has 2 rings (SSSR count). The monoisotopic (exact) mass is 238 g/mol. The van der Waals surface area contributed by atoms with E-state index < -0.39 is 0 Å². The molecule has 17 heavy (non-hydrogen) atoms. The molecule has 5 heteroatoms. The van der Waals surface area contributed by atoms with Crippen LogP contribution >= 0.6 is 0 Å². The summed E-state index contributed by atoms with van der Waals surface area (Å²) in [6, 6.07) is 2.38. The number of hydrogen-bond donors (Lipinski definition) is 2. The first-order valence-corrected chi connectivity index (χ1v) is 6.29. The number of methoxy groups -OCH3 is 1. The van der Waals surface area contributed by atoms with E-state index in [9.17, 15) is 0 Å². The summed E-state index contributed by atoms with van der Waals surface area (Å²) in [7, 11) is 3.54. The average molecular weight is 238 g/mol. The zero-order valence-electron chi connectivity index (χ0n) is 10.6. The molecular weight excluding hydrogens is 216 g/mol. The lowest BCUT2D eigenvalue weighted by Gasteiger charge is -2.31. The first kappa shape index (κ1) is 12.2. The Labute approximate surface area is 102 Å². The minimum Gasteiger partial charge on any atom is -0.481 e. The average Bonchev–Trinajstić information content (AvgIpc) is 2.70. The molecule has 1 fully saturated rings. The van der Waals surface area contributed by atoms with Gasteiger partial charge in [0.05, 0.1) is 7.11 Å². The van der Waals surface area contributed by atoms with E-state index in [1.54, 1.807) is 11.8 Å². The van der Waals surface area contributed by atoms with Crippen LogP contribution in [0.3, 0.4) is 0 Å². The first-order valence-electron chi connectivity index (χ1n) is 6.29. The molecule has 96 valence electrons. The second-order valence-corrected chi connectivity index (χ2v) is 4.73. The topological polar surface area (TPSA) is 65.1 Å². The standard InChI is InChI=1S/C12H22N4O/c1-16-12(17-2)7-11(15-16)14-10-6-4-3-5-9(10)8-13/h7,9-10H,3-6,8,13H2,1-2H3,(H,14,15). The minimum atomic E-state index is 0.452. The van der Waals surface area contributed by atoms with Gasteiger partial charge in [0.15, 0.2) is 5.82 Å². The molecule has 0 amide bonds. The summed E-state index contributed by atoms with van der Waals surface area (Å²) in [5.74, 6) is 2.22. The molecule has 0 spiro atoms. The summed E-state index contributed by atoms with van der Waals surface area (Å²) in [6.45, 7) is 0.752. The Bertz CT molecular complexity index is 363. The Kier molecular flexibility index (Phi) is 3.89. The number of ether oxygens (including phenoxy) is 1. The van der Waals surface area contributed by atoms with Crippen molar-refractivity contribution in [3.05, 3.63) is 6.07 Å². The number of rotatable bonds is 4. The Morgan fingerprint density at radius 3 is 2.94 bits per heavy atom. The molecule has 2 atom stereocenters. The van der Waals surface area contributed by atoms with E-state index in [-0.39, 0.29) is 0 Å². The third-order valence-corrected chi connectivity index (χ3v) is 3.59. The third-order valence-electron chi connectivity index (χ3n) is 3.59. The van der Waals surface area contributed by atoms with Gasteiger partial charge in [0, 0.05) is 19.2 Å². The molecular formula is C12H22N4O. The van der Waals surface area contributed by atoms with E-state index in [2.05, 4.69) is 10.4 Å². The van der Waals surface area contributed by atoms with Crippen molar-refractivity contribution in [3.63, 3.8) is 0 Å². The van der Waals surface area contributed by atoms with E-state index in [0.29, 0.717) is 12.0 Å². The molecule has 3 N–H and O–H groups in total. The van der Waals surface area contributed by atoms with Crippen molar-refractivity contribution >= 4 is 5.82 Å². The van der Waals surface area contributed by atoms with Crippen LogP contribution in [0.15, 0.2) is 6.07 Å². The van der Waals surface area contributed by atoms with Crippen molar-refractivity contribution in [2.45, 2.75) is 31.7 Å². The molecule has 0 aliphatic heterocycles. The molecule has 0 bridgehead atoms. The molecule has 1 aliphatic carbocycles. The molecule has 1 aliphatic rings. The number of nitrogens with two attached hydrogens (primary N) is 1. The molecule has 5 nitrogen and oxygen atoms in total. The van der Waals surface area contributed by atoms with Gasteiger partial charge < -0.3 is 15.8 Å². The fraction of sp³-hybridized carbons (Fsp3) is 0.750. The first-order chi connectivity index (χ1) is 8.24. The minimum absolute atomic E-state index is 0.452. The highest BCUT2D eigenvalue weighted by Crippen LogP contribution is 2.27. The van der Waals surface area contributed by atoms with Crippen molar-refractivity contribution in [1.82, 2.24) is 9.78 Å². The molecule has 2 unspecified atom stereocenters. The van der Waals surface area contributed by atoms with Gasteiger partial charge in [0.2, 0.25) is 5.88 Å². The second-order valence-electron chi connectivity index (χ2n) is 4.73. The van der Waals surface area contributed by atoms with E-state index in [1.165, 1.54) is 25.7 Å². The summed E-state index contributed by atoms with van der Waals surface area (Å²) in [6.07, 6.45) is 4.97. The highest BCUT2D eigenvalue weighted by molar-refractivity contribution is 5.39.